The Balaban J connectivity index is 0.00000385. The van der Waals surface area contributed by atoms with Gasteiger partial charge in [-0.25, -0.2) is 0 Å². The van der Waals surface area contributed by atoms with Crippen LogP contribution in [-0.4, -0.2) is 33.7 Å². The molecule has 2 heterocycles. The first-order valence-electron chi connectivity index (χ1n) is 11.2. The number of nitrogens with one attached hydrogen (secondary N) is 2. The predicted octanol–water partition coefficient (Wildman–Crippen LogP) is 4.55. The molecule has 8 heteroatoms. The molecule has 33 heavy (non-hydrogen) atoms. The van der Waals surface area contributed by atoms with Gasteiger partial charge in [-0.1, -0.05) is 43.9 Å². The van der Waals surface area contributed by atoms with Crippen LogP contribution < -0.4 is 16.1 Å². The largest absolute Gasteiger partial charge is 0.503 e. The highest BCUT2D eigenvalue weighted by molar-refractivity contribution is 5.95. The second kappa shape index (κ2) is 12.8. The molecule has 1 amide bonds. The zero-order valence-electron chi connectivity index (χ0n) is 19.3. The summed E-state index contributed by atoms with van der Waals surface area (Å²) in [5, 5.41) is 17.4. The summed E-state index contributed by atoms with van der Waals surface area (Å²) in [5.41, 5.74) is 2.25. The summed E-state index contributed by atoms with van der Waals surface area (Å²) in [6, 6.07) is 11.5. The van der Waals surface area contributed by atoms with Crippen molar-refractivity contribution in [2.24, 2.45) is 7.05 Å². The number of hydrogen-bond acceptors (Lipinski definition) is 5. The fourth-order valence-electron chi connectivity index (χ4n) is 3.78. The number of hydrogen-bond donors (Lipinski definition) is 3. The minimum atomic E-state index is -0.530. The minimum Gasteiger partial charge on any atom is -0.503 e. The summed E-state index contributed by atoms with van der Waals surface area (Å²) < 4.78 is 1.54. The number of carbonyl (C=O) groups is 1. The molecule has 0 spiro atoms. The summed E-state index contributed by atoms with van der Waals surface area (Å²) in [4.78, 5) is 28.5. The summed E-state index contributed by atoms with van der Waals surface area (Å²) in [5.74, 6) is -0.913. The van der Waals surface area contributed by atoms with Gasteiger partial charge in [0.05, 0.1) is 5.52 Å². The number of fused-ring (bicyclic) bond motifs is 1. The van der Waals surface area contributed by atoms with Crippen LogP contribution in [0.15, 0.2) is 47.4 Å². The van der Waals surface area contributed by atoms with Crippen LogP contribution in [0.5, 0.6) is 5.75 Å². The maximum Gasteiger partial charge on any atom is 0.271 e. The van der Waals surface area contributed by atoms with Gasteiger partial charge in [-0.2, -0.15) is 0 Å². The zero-order chi connectivity index (χ0) is 22.9. The van der Waals surface area contributed by atoms with Gasteiger partial charge in [0.25, 0.3) is 5.91 Å². The van der Waals surface area contributed by atoms with Crippen molar-refractivity contribution in [2.75, 3.05) is 18.4 Å². The van der Waals surface area contributed by atoms with E-state index in [0.717, 1.165) is 61.7 Å². The van der Waals surface area contributed by atoms with E-state index in [-0.39, 0.29) is 18.1 Å². The van der Waals surface area contributed by atoms with E-state index in [1.807, 2.05) is 30.5 Å². The number of para-hydroxylation sites is 1. The van der Waals surface area contributed by atoms with Gasteiger partial charge in [-0.05, 0) is 31.9 Å². The molecule has 0 bridgehead atoms. The van der Waals surface area contributed by atoms with Crippen molar-refractivity contribution in [3.63, 3.8) is 0 Å². The Kier molecular flexibility index (Phi) is 10.2. The number of carbonyl (C=O) groups excluding carboxylic acids is 1. The average molecular weight is 473 g/mol. The summed E-state index contributed by atoms with van der Waals surface area (Å²) in [6.07, 6.45) is 8.26. The molecular formula is C25H33ClN4O3. The van der Waals surface area contributed by atoms with E-state index >= 15 is 0 Å². The number of pyridine rings is 2. The Labute approximate surface area is 200 Å². The third kappa shape index (κ3) is 6.96. The van der Waals surface area contributed by atoms with Crippen molar-refractivity contribution in [3.05, 3.63) is 64.2 Å². The SMILES string of the molecule is Cc1cc(=O)c(O)c(C(=O)NCCCCCCCCNc2ccnc3ccccc23)n1C.Cl. The molecule has 0 aliphatic rings. The number of halogens is 1. The van der Waals surface area contributed by atoms with Gasteiger partial charge >= 0.3 is 0 Å². The van der Waals surface area contributed by atoms with Crippen molar-refractivity contribution in [3.8, 4) is 5.75 Å². The number of anilines is 1. The van der Waals surface area contributed by atoms with Crippen LogP contribution in [0.4, 0.5) is 5.69 Å². The van der Waals surface area contributed by atoms with E-state index < -0.39 is 17.1 Å². The first-order chi connectivity index (χ1) is 15.5. The summed E-state index contributed by atoms with van der Waals surface area (Å²) in [6.45, 7) is 3.19. The molecule has 0 atom stereocenters. The highest BCUT2D eigenvalue weighted by atomic mass is 35.5. The number of aromatic nitrogens is 2. The molecule has 2 aromatic heterocycles. The molecule has 7 nitrogen and oxygen atoms in total. The van der Waals surface area contributed by atoms with Gasteiger partial charge in [0.1, 0.15) is 0 Å². The van der Waals surface area contributed by atoms with Gasteiger partial charge in [0.2, 0.25) is 5.43 Å². The van der Waals surface area contributed by atoms with E-state index in [4.69, 9.17) is 0 Å². The Morgan fingerprint density at radius 1 is 1.03 bits per heavy atom. The van der Waals surface area contributed by atoms with E-state index in [0.29, 0.717) is 12.2 Å². The van der Waals surface area contributed by atoms with Crippen molar-refractivity contribution < 1.29 is 9.90 Å². The number of aryl methyl sites for hydroxylation is 1. The highest BCUT2D eigenvalue weighted by Gasteiger charge is 2.17. The molecule has 3 N–H and O–H groups in total. The van der Waals surface area contributed by atoms with Crippen molar-refractivity contribution in [1.29, 1.82) is 0 Å². The normalized spacial score (nSPS) is 10.6. The molecule has 0 aliphatic heterocycles. The average Bonchev–Trinajstić information content (AvgIpc) is 2.79. The van der Waals surface area contributed by atoms with Crippen LogP contribution in [0, 0.1) is 6.92 Å². The number of amides is 1. The lowest BCUT2D eigenvalue weighted by molar-refractivity contribution is 0.0940. The van der Waals surface area contributed by atoms with Crippen molar-refractivity contribution in [1.82, 2.24) is 14.9 Å². The first kappa shape index (κ1) is 26.2. The number of rotatable bonds is 11. The topological polar surface area (TPSA) is 96.2 Å². The van der Waals surface area contributed by atoms with Gasteiger partial charge < -0.3 is 20.3 Å². The molecule has 0 saturated heterocycles. The van der Waals surface area contributed by atoms with Crippen LogP contribution in [0.25, 0.3) is 10.9 Å². The molecule has 3 aromatic rings. The van der Waals surface area contributed by atoms with Crippen LogP contribution in [0.2, 0.25) is 0 Å². The Morgan fingerprint density at radius 3 is 2.45 bits per heavy atom. The fourth-order valence-corrected chi connectivity index (χ4v) is 3.78. The van der Waals surface area contributed by atoms with Gasteiger partial charge in [-0.15, -0.1) is 12.4 Å². The van der Waals surface area contributed by atoms with Crippen LogP contribution in [-0.2, 0) is 7.05 Å². The van der Waals surface area contributed by atoms with Crippen LogP contribution in [0.3, 0.4) is 0 Å². The molecule has 0 aliphatic carbocycles. The summed E-state index contributed by atoms with van der Waals surface area (Å²) in [7, 11) is 1.66. The van der Waals surface area contributed by atoms with E-state index in [9.17, 15) is 14.7 Å². The lowest BCUT2D eigenvalue weighted by Gasteiger charge is -2.13. The van der Waals surface area contributed by atoms with Gasteiger partial charge in [0.15, 0.2) is 11.4 Å². The number of benzene rings is 1. The van der Waals surface area contributed by atoms with E-state index in [2.05, 4.69) is 21.7 Å². The van der Waals surface area contributed by atoms with Crippen LogP contribution >= 0.6 is 12.4 Å². The molecule has 178 valence electrons. The number of aromatic hydroxyl groups is 1. The zero-order valence-corrected chi connectivity index (χ0v) is 20.1. The lowest BCUT2D eigenvalue weighted by atomic mass is 10.1. The van der Waals surface area contributed by atoms with Crippen molar-refractivity contribution in [2.45, 2.75) is 45.4 Å². The predicted molar refractivity (Wildman–Crippen MR) is 136 cm³/mol. The fraction of sp³-hybridized carbons (Fsp3) is 0.400. The number of nitrogens with zero attached hydrogens (tertiary/aromatic N) is 2. The van der Waals surface area contributed by atoms with E-state index in [1.54, 1.807) is 14.0 Å². The van der Waals surface area contributed by atoms with Gasteiger partial charge in [-0.3, -0.25) is 14.6 Å². The van der Waals surface area contributed by atoms with Gasteiger partial charge in [0, 0.05) is 49.2 Å². The molecule has 0 saturated carbocycles. The smallest absolute Gasteiger partial charge is 0.271 e. The van der Waals surface area contributed by atoms with E-state index in [1.165, 1.54) is 10.6 Å². The Bertz CT molecular complexity index is 1130. The summed E-state index contributed by atoms with van der Waals surface area (Å²) >= 11 is 0. The molecule has 0 fully saturated rings. The third-order valence-corrected chi connectivity index (χ3v) is 5.73. The van der Waals surface area contributed by atoms with Crippen molar-refractivity contribution >= 4 is 34.9 Å². The second-order valence-electron chi connectivity index (χ2n) is 8.09. The standard InChI is InChI=1S/C25H32N4O3.ClH/c1-18-17-22(30)24(31)23(29(18)2)25(32)28-15-10-6-4-3-5-9-14-26-21-13-16-27-20-12-8-7-11-19(20)21;/h7-8,11-13,16-17,31H,3-6,9-10,14-15H2,1-2H3,(H,26,27)(H,28,32);1H. The molecule has 0 radical (unpaired) electrons. The van der Waals surface area contributed by atoms with Crippen LogP contribution in [0.1, 0.15) is 54.7 Å². The monoisotopic (exact) mass is 472 g/mol. The third-order valence-electron chi connectivity index (χ3n) is 5.73. The highest BCUT2D eigenvalue weighted by Crippen LogP contribution is 2.21. The quantitative estimate of drug-likeness (QED) is 0.356. The molecular weight excluding hydrogens is 440 g/mol. The maximum atomic E-state index is 12.4. The molecule has 3 rings (SSSR count). The maximum absolute atomic E-state index is 12.4. The Morgan fingerprint density at radius 2 is 1.70 bits per heavy atom. The second-order valence-corrected chi connectivity index (χ2v) is 8.09. The first-order valence-corrected chi connectivity index (χ1v) is 11.2. The number of unbranched alkanes of at least 4 members (excludes halogenated alkanes) is 5. The lowest BCUT2D eigenvalue weighted by Crippen LogP contribution is -2.29. The Hall–Kier alpha value is -3.06. The molecule has 1 aromatic carbocycles. The molecule has 0 unspecified atom stereocenters. The minimum absolute atomic E-state index is 0.